The normalized spacial score (nSPS) is 13.0. The SMILES string of the molecule is CC(C)CCNC(=O)N(CC(C)O)C(C)C. The topological polar surface area (TPSA) is 52.6 Å². The third-order valence-corrected chi connectivity index (χ3v) is 2.34. The Morgan fingerprint density at radius 3 is 2.19 bits per heavy atom. The second kappa shape index (κ2) is 7.49. The largest absolute Gasteiger partial charge is 0.392 e. The molecule has 0 bridgehead atoms. The summed E-state index contributed by atoms with van der Waals surface area (Å²) in [6, 6.07) is 0.0187. The lowest BCUT2D eigenvalue weighted by molar-refractivity contribution is 0.119. The summed E-state index contributed by atoms with van der Waals surface area (Å²) in [4.78, 5) is 13.5. The lowest BCUT2D eigenvalue weighted by Crippen LogP contribution is -2.47. The van der Waals surface area contributed by atoms with Crippen LogP contribution in [0.2, 0.25) is 0 Å². The summed E-state index contributed by atoms with van der Waals surface area (Å²) in [6.07, 6.45) is 0.491. The molecule has 0 aromatic heterocycles. The van der Waals surface area contributed by atoms with Crippen molar-refractivity contribution in [2.45, 2.75) is 53.2 Å². The van der Waals surface area contributed by atoms with Gasteiger partial charge in [0.25, 0.3) is 0 Å². The van der Waals surface area contributed by atoms with Crippen molar-refractivity contribution in [3.05, 3.63) is 0 Å². The smallest absolute Gasteiger partial charge is 0.317 e. The van der Waals surface area contributed by atoms with E-state index in [-0.39, 0.29) is 12.1 Å². The second-order valence-electron chi connectivity index (χ2n) is 5.01. The van der Waals surface area contributed by atoms with E-state index in [0.717, 1.165) is 6.42 Å². The minimum Gasteiger partial charge on any atom is -0.392 e. The van der Waals surface area contributed by atoms with E-state index in [0.29, 0.717) is 19.0 Å². The number of aliphatic hydroxyl groups is 1. The molecule has 2 amide bonds. The molecule has 16 heavy (non-hydrogen) atoms. The Kier molecular flexibility index (Phi) is 7.13. The number of carbonyl (C=O) groups is 1. The maximum atomic E-state index is 11.8. The van der Waals surface area contributed by atoms with Gasteiger partial charge in [0.05, 0.1) is 6.10 Å². The molecule has 4 heteroatoms. The van der Waals surface area contributed by atoms with Gasteiger partial charge in [-0.3, -0.25) is 0 Å². The first-order valence-electron chi connectivity index (χ1n) is 6.07. The van der Waals surface area contributed by atoms with Gasteiger partial charge in [-0.15, -0.1) is 0 Å². The summed E-state index contributed by atoms with van der Waals surface area (Å²) < 4.78 is 0. The highest BCUT2D eigenvalue weighted by molar-refractivity contribution is 5.74. The molecule has 0 saturated heterocycles. The lowest BCUT2D eigenvalue weighted by atomic mass is 10.1. The zero-order valence-corrected chi connectivity index (χ0v) is 11.2. The molecular weight excluding hydrogens is 204 g/mol. The van der Waals surface area contributed by atoms with Gasteiger partial charge >= 0.3 is 6.03 Å². The Morgan fingerprint density at radius 2 is 1.81 bits per heavy atom. The number of hydrogen-bond donors (Lipinski definition) is 2. The molecule has 0 aliphatic carbocycles. The van der Waals surface area contributed by atoms with E-state index < -0.39 is 6.10 Å². The lowest BCUT2D eigenvalue weighted by Gasteiger charge is -2.28. The fourth-order valence-electron chi connectivity index (χ4n) is 1.38. The molecule has 0 spiro atoms. The summed E-state index contributed by atoms with van der Waals surface area (Å²) in [6.45, 7) is 10.9. The van der Waals surface area contributed by atoms with Crippen LogP contribution in [-0.4, -0.2) is 41.3 Å². The number of aliphatic hydroxyl groups excluding tert-OH is 1. The fourth-order valence-corrected chi connectivity index (χ4v) is 1.38. The first kappa shape index (κ1) is 15.2. The summed E-state index contributed by atoms with van der Waals surface area (Å²) in [5, 5.41) is 12.2. The molecule has 0 aliphatic heterocycles. The Balaban J connectivity index is 4.07. The number of nitrogens with one attached hydrogen (secondary N) is 1. The number of urea groups is 1. The van der Waals surface area contributed by atoms with Crippen molar-refractivity contribution < 1.29 is 9.90 Å². The summed E-state index contributed by atoms with van der Waals surface area (Å²) in [5.74, 6) is 0.588. The zero-order chi connectivity index (χ0) is 12.7. The summed E-state index contributed by atoms with van der Waals surface area (Å²) in [7, 11) is 0. The van der Waals surface area contributed by atoms with Crippen LogP contribution in [0.25, 0.3) is 0 Å². The molecule has 0 aromatic carbocycles. The van der Waals surface area contributed by atoms with Gasteiger partial charge in [0, 0.05) is 19.1 Å². The number of amides is 2. The molecule has 0 aromatic rings. The quantitative estimate of drug-likeness (QED) is 0.731. The first-order valence-corrected chi connectivity index (χ1v) is 6.07. The van der Waals surface area contributed by atoms with Crippen molar-refractivity contribution in [3.8, 4) is 0 Å². The van der Waals surface area contributed by atoms with E-state index in [1.54, 1.807) is 11.8 Å². The van der Waals surface area contributed by atoms with Crippen LogP contribution in [0.5, 0.6) is 0 Å². The van der Waals surface area contributed by atoms with Crippen LogP contribution >= 0.6 is 0 Å². The minimum atomic E-state index is -0.488. The highest BCUT2D eigenvalue weighted by atomic mass is 16.3. The predicted octanol–water partition coefficient (Wildman–Crippen LogP) is 1.83. The Morgan fingerprint density at radius 1 is 1.25 bits per heavy atom. The summed E-state index contributed by atoms with van der Waals surface area (Å²) in [5.41, 5.74) is 0. The van der Waals surface area contributed by atoms with E-state index >= 15 is 0 Å². The summed E-state index contributed by atoms with van der Waals surface area (Å²) >= 11 is 0. The Bertz CT molecular complexity index is 203. The molecule has 1 atom stereocenters. The average molecular weight is 230 g/mol. The minimum absolute atomic E-state index is 0.0865. The number of rotatable bonds is 6. The molecule has 0 fully saturated rings. The van der Waals surface area contributed by atoms with Crippen molar-refractivity contribution in [1.29, 1.82) is 0 Å². The maximum absolute atomic E-state index is 11.8. The van der Waals surface area contributed by atoms with Gasteiger partial charge in [0.1, 0.15) is 0 Å². The molecule has 1 unspecified atom stereocenters. The van der Waals surface area contributed by atoms with Gasteiger partial charge in [0.2, 0.25) is 0 Å². The highest BCUT2D eigenvalue weighted by Crippen LogP contribution is 2.02. The number of hydrogen-bond acceptors (Lipinski definition) is 2. The van der Waals surface area contributed by atoms with Crippen LogP contribution < -0.4 is 5.32 Å². The molecule has 4 nitrogen and oxygen atoms in total. The second-order valence-corrected chi connectivity index (χ2v) is 5.01. The van der Waals surface area contributed by atoms with E-state index in [2.05, 4.69) is 19.2 Å². The Hall–Kier alpha value is -0.770. The van der Waals surface area contributed by atoms with Crippen molar-refractivity contribution in [2.75, 3.05) is 13.1 Å². The molecule has 96 valence electrons. The molecular formula is C12H26N2O2. The monoisotopic (exact) mass is 230 g/mol. The van der Waals surface area contributed by atoms with Gasteiger partial charge in [-0.05, 0) is 33.1 Å². The first-order chi connectivity index (χ1) is 7.34. The van der Waals surface area contributed by atoms with E-state index in [1.165, 1.54) is 0 Å². The molecule has 0 heterocycles. The maximum Gasteiger partial charge on any atom is 0.317 e. The standard InChI is InChI=1S/C12H26N2O2/c1-9(2)6-7-13-12(16)14(10(3)4)8-11(5)15/h9-11,15H,6-8H2,1-5H3,(H,13,16). The average Bonchev–Trinajstić information content (AvgIpc) is 2.12. The molecule has 2 N–H and O–H groups in total. The van der Waals surface area contributed by atoms with Crippen LogP contribution in [0.1, 0.15) is 41.0 Å². The predicted molar refractivity (Wildman–Crippen MR) is 66.4 cm³/mol. The van der Waals surface area contributed by atoms with Gasteiger partial charge in [-0.1, -0.05) is 13.8 Å². The number of nitrogens with zero attached hydrogens (tertiary/aromatic N) is 1. The molecule has 0 rings (SSSR count). The zero-order valence-electron chi connectivity index (χ0n) is 11.2. The van der Waals surface area contributed by atoms with Gasteiger partial charge < -0.3 is 15.3 Å². The van der Waals surface area contributed by atoms with Gasteiger partial charge in [-0.25, -0.2) is 4.79 Å². The van der Waals surface area contributed by atoms with Gasteiger partial charge in [0.15, 0.2) is 0 Å². The van der Waals surface area contributed by atoms with Crippen LogP contribution in [-0.2, 0) is 0 Å². The van der Waals surface area contributed by atoms with Crippen molar-refractivity contribution in [1.82, 2.24) is 10.2 Å². The van der Waals surface area contributed by atoms with Crippen LogP contribution in [0, 0.1) is 5.92 Å². The molecule has 0 saturated carbocycles. The third kappa shape index (κ3) is 6.67. The van der Waals surface area contributed by atoms with E-state index in [1.807, 2.05) is 13.8 Å². The number of carbonyl (C=O) groups excluding carboxylic acids is 1. The van der Waals surface area contributed by atoms with E-state index in [4.69, 9.17) is 0 Å². The van der Waals surface area contributed by atoms with Crippen LogP contribution in [0.15, 0.2) is 0 Å². The molecule has 0 radical (unpaired) electrons. The fraction of sp³-hybridized carbons (Fsp3) is 0.917. The van der Waals surface area contributed by atoms with Crippen molar-refractivity contribution in [2.24, 2.45) is 5.92 Å². The van der Waals surface area contributed by atoms with E-state index in [9.17, 15) is 9.90 Å². The highest BCUT2D eigenvalue weighted by Gasteiger charge is 2.17. The van der Waals surface area contributed by atoms with Crippen LogP contribution in [0.3, 0.4) is 0 Å². The Labute approximate surface area is 99.0 Å². The van der Waals surface area contributed by atoms with Gasteiger partial charge in [-0.2, -0.15) is 0 Å². The third-order valence-electron chi connectivity index (χ3n) is 2.34. The van der Waals surface area contributed by atoms with Crippen molar-refractivity contribution in [3.63, 3.8) is 0 Å². The molecule has 0 aliphatic rings. The van der Waals surface area contributed by atoms with Crippen LogP contribution in [0.4, 0.5) is 4.79 Å². The van der Waals surface area contributed by atoms with Crippen molar-refractivity contribution >= 4 is 6.03 Å².